The van der Waals surface area contributed by atoms with Crippen LogP contribution in [0, 0.1) is 0 Å². The number of ether oxygens (including phenoxy) is 1. The zero-order valence-corrected chi connectivity index (χ0v) is 8.36. The zero-order chi connectivity index (χ0) is 11.0. The summed E-state index contributed by atoms with van der Waals surface area (Å²) >= 11 is 5.70. The minimum atomic E-state index is -1.48. The molecule has 0 saturated heterocycles. The Hall–Kier alpha value is -1.56. The van der Waals surface area contributed by atoms with Gasteiger partial charge in [-0.25, -0.2) is 9.78 Å². The van der Waals surface area contributed by atoms with Gasteiger partial charge in [-0.3, -0.25) is 0 Å². The highest BCUT2D eigenvalue weighted by atomic mass is 35.5. The molecule has 0 aromatic carbocycles. The lowest BCUT2D eigenvalue weighted by Crippen LogP contribution is -2.09. The summed E-state index contributed by atoms with van der Waals surface area (Å²) in [4.78, 5) is 18.2. The molecule has 0 atom stereocenters. The van der Waals surface area contributed by atoms with Crippen molar-refractivity contribution in [3.63, 3.8) is 0 Å². The summed E-state index contributed by atoms with van der Waals surface area (Å²) in [5.41, 5.74) is 5.51. The summed E-state index contributed by atoms with van der Waals surface area (Å²) in [5, 5.41) is 8.38. The average Bonchev–Trinajstić information content (AvgIpc) is 2.94. The Morgan fingerprint density at radius 1 is 1.53 bits per heavy atom. The summed E-state index contributed by atoms with van der Waals surface area (Å²) in [7, 11) is 0. The molecule has 6 nitrogen and oxygen atoms in total. The SMILES string of the molecule is Nc1nc(C2CC2)nc(OC(=O)O)c1Cl. The maximum atomic E-state index is 10.3. The van der Waals surface area contributed by atoms with Gasteiger partial charge in [0, 0.05) is 5.92 Å². The van der Waals surface area contributed by atoms with E-state index in [9.17, 15) is 4.79 Å². The molecule has 2 rings (SSSR count). The molecule has 1 aromatic heterocycles. The van der Waals surface area contributed by atoms with E-state index in [1.54, 1.807) is 0 Å². The third kappa shape index (κ3) is 2.10. The predicted molar refractivity (Wildman–Crippen MR) is 52.1 cm³/mol. The van der Waals surface area contributed by atoms with Crippen molar-refractivity contribution in [2.24, 2.45) is 0 Å². The molecule has 3 N–H and O–H groups in total. The Morgan fingerprint density at radius 3 is 2.73 bits per heavy atom. The summed E-state index contributed by atoms with van der Waals surface area (Å²) < 4.78 is 4.40. The van der Waals surface area contributed by atoms with Gasteiger partial charge in [-0.15, -0.1) is 0 Å². The number of hydrogen-bond donors (Lipinski definition) is 2. The highest BCUT2D eigenvalue weighted by molar-refractivity contribution is 6.34. The van der Waals surface area contributed by atoms with E-state index in [1.807, 2.05) is 0 Å². The van der Waals surface area contributed by atoms with Crippen molar-refractivity contribution in [3.8, 4) is 5.88 Å². The predicted octanol–water partition coefficient (Wildman–Crippen LogP) is 1.65. The number of nitrogen functional groups attached to an aromatic ring is 1. The van der Waals surface area contributed by atoms with Gasteiger partial charge in [-0.1, -0.05) is 11.6 Å². The lowest BCUT2D eigenvalue weighted by molar-refractivity contribution is 0.142. The number of hydrogen-bond acceptors (Lipinski definition) is 5. The molecule has 0 amide bonds. The van der Waals surface area contributed by atoms with Gasteiger partial charge in [-0.05, 0) is 12.8 Å². The van der Waals surface area contributed by atoms with Gasteiger partial charge in [0.1, 0.15) is 16.7 Å². The second kappa shape index (κ2) is 3.54. The monoisotopic (exact) mass is 229 g/mol. The van der Waals surface area contributed by atoms with Gasteiger partial charge in [0.25, 0.3) is 5.88 Å². The Kier molecular flexibility index (Phi) is 2.36. The van der Waals surface area contributed by atoms with Gasteiger partial charge in [0.05, 0.1) is 0 Å². The van der Waals surface area contributed by atoms with Gasteiger partial charge >= 0.3 is 6.16 Å². The van der Waals surface area contributed by atoms with Gasteiger partial charge in [-0.2, -0.15) is 4.98 Å². The first-order chi connectivity index (χ1) is 7.08. The number of rotatable bonds is 2. The molecule has 7 heteroatoms. The van der Waals surface area contributed by atoms with Crippen molar-refractivity contribution >= 4 is 23.6 Å². The van der Waals surface area contributed by atoms with Crippen LogP contribution in [0.2, 0.25) is 5.02 Å². The largest absolute Gasteiger partial charge is 0.512 e. The van der Waals surface area contributed by atoms with Crippen LogP contribution < -0.4 is 10.5 Å². The molecule has 1 saturated carbocycles. The number of nitrogens with two attached hydrogens (primary N) is 1. The normalized spacial score (nSPS) is 15.0. The van der Waals surface area contributed by atoms with E-state index in [2.05, 4.69) is 14.7 Å². The minimum absolute atomic E-state index is 0.0461. The maximum Gasteiger partial charge on any atom is 0.512 e. The lowest BCUT2D eigenvalue weighted by atomic mass is 10.4. The topological polar surface area (TPSA) is 98.3 Å². The molecule has 1 aliphatic carbocycles. The molecule has 0 aliphatic heterocycles. The minimum Gasteiger partial charge on any atom is -0.449 e. The molecule has 1 fully saturated rings. The van der Waals surface area contributed by atoms with Crippen molar-refractivity contribution < 1.29 is 14.6 Å². The van der Waals surface area contributed by atoms with Gasteiger partial charge in [0.15, 0.2) is 0 Å². The fourth-order valence-electron chi connectivity index (χ4n) is 1.13. The van der Waals surface area contributed by atoms with Crippen LogP contribution in [0.5, 0.6) is 5.88 Å². The zero-order valence-electron chi connectivity index (χ0n) is 7.61. The first kappa shape index (κ1) is 9.97. The van der Waals surface area contributed by atoms with E-state index in [0.717, 1.165) is 12.8 Å². The van der Waals surface area contributed by atoms with Crippen LogP contribution in [0.25, 0.3) is 0 Å². The quantitative estimate of drug-likeness (QED) is 0.748. The number of aromatic nitrogens is 2. The number of nitrogens with zero attached hydrogens (tertiary/aromatic N) is 2. The molecule has 0 unspecified atom stereocenters. The summed E-state index contributed by atoms with van der Waals surface area (Å²) in [6, 6.07) is 0. The molecular weight excluding hydrogens is 222 g/mol. The highest BCUT2D eigenvalue weighted by Gasteiger charge is 2.28. The first-order valence-electron chi connectivity index (χ1n) is 4.31. The van der Waals surface area contributed by atoms with E-state index >= 15 is 0 Å². The Balaban J connectivity index is 2.37. The Labute approximate surface area is 90.0 Å². The molecule has 0 spiro atoms. The van der Waals surface area contributed by atoms with Crippen molar-refractivity contribution in [1.29, 1.82) is 0 Å². The van der Waals surface area contributed by atoms with Crippen LogP contribution in [0.4, 0.5) is 10.6 Å². The maximum absolute atomic E-state index is 10.3. The number of carboxylic acid groups (broad SMARTS) is 1. The molecule has 0 radical (unpaired) electrons. The third-order valence-electron chi connectivity index (χ3n) is 1.99. The molecular formula is C8H8ClN3O3. The van der Waals surface area contributed by atoms with E-state index in [-0.39, 0.29) is 22.6 Å². The van der Waals surface area contributed by atoms with Gasteiger partial charge < -0.3 is 15.6 Å². The standard InChI is InChI=1S/C8H8ClN3O3/c9-4-5(10)11-6(3-1-2-3)12-7(4)15-8(13)14/h3H,1-2H2,(H,13,14)(H2,10,11,12). The van der Waals surface area contributed by atoms with Crippen LogP contribution in [0.1, 0.15) is 24.6 Å². The molecule has 15 heavy (non-hydrogen) atoms. The second-order valence-electron chi connectivity index (χ2n) is 3.23. The van der Waals surface area contributed by atoms with Crippen LogP contribution in [0.15, 0.2) is 0 Å². The van der Waals surface area contributed by atoms with Gasteiger partial charge in [0.2, 0.25) is 0 Å². The summed E-state index contributed by atoms with van der Waals surface area (Å²) in [5.74, 6) is 0.595. The molecule has 0 bridgehead atoms. The summed E-state index contributed by atoms with van der Waals surface area (Å²) in [6.45, 7) is 0. The van der Waals surface area contributed by atoms with Crippen molar-refractivity contribution in [2.45, 2.75) is 18.8 Å². The molecule has 1 aromatic rings. The number of anilines is 1. The first-order valence-corrected chi connectivity index (χ1v) is 4.69. The van der Waals surface area contributed by atoms with E-state index in [1.165, 1.54) is 0 Å². The van der Waals surface area contributed by atoms with Crippen molar-refractivity contribution in [3.05, 3.63) is 10.8 Å². The number of carbonyl (C=O) groups is 1. The van der Waals surface area contributed by atoms with Crippen LogP contribution in [-0.4, -0.2) is 21.2 Å². The Bertz CT molecular complexity index is 420. The van der Waals surface area contributed by atoms with Crippen LogP contribution in [0.3, 0.4) is 0 Å². The number of halogens is 1. The third-order valence-corrected chi connectivity index (χ3v) is 2.35. The smallest absolute Gasteiger partial charge is 0.449 e. The van der Waals surface area contributed by atoms with E-state index < -0.39 is 6.16 Å². The highest BCUT2D eigenvalue weighted by Crippen LogP contribution is 2.40. The second-order valence-corrected chi connectivity index (χ2v) is 3.61. The Morgan fingerprint density at radius 2 is 2.20 bits per heavy atom. The lowest BCUT2D eigenvalue weighted by Gasteiger charge is -2.05. The summed E-state index contributed by atoms with van der Waals surface area (Å²) in [6.07, 6.45) is 0.484. The van der Waals surface area contributed by atoms with E-state index in [0.29, 0.717) is 5.82 Å². The molecule has 1 aliphatic rings. The van der Waals surface area contributed by atoms with Crippen LogP contribution in [-0.2, 0) is 0 Å². The van der Waals surface area contributed by atoms with E-state index in [4.69, 9.17) is 22.4 Å². The average molecular weight is 230 g/mol. The molecule has 80 valence electrons. The fraction of sp³-hybridized carbons (Fsp3) is 0.375. The van der Waals surface area contributed by atoms with Crippen LogP contribution >= 0.6 is 11.6 Å². The van der Waals surface area contributed by atoms with Crippen molar-refractivity contribution in [1.82, 2.24) is 9.97 Å². The fourth-order valence-corrected chi connectivity index (χ4v) is 1.26. The molecule has 1 heterocycles. The van der Waals surface area contributed by atoms with Crippen molar-refractivity contribution in [2.75, 3.05) is 5.73 Å².